The molecule has 25 heavy (non-hydrogen) atoms. The average Bonchev–Trinajstić information content (AvgIpc) is 2.60. The summed E-state index contributed by atoms with van der Waals surface area (Å²) < 4.78 is 0. The minimum absolute atomic E-state index is 0.539. The van der Waals surface area contributed by atoms with E-state index in [0.29, 0.717) is 12.6 Å². The van der Waals surface area contributed by atoms with Crippen LogP contribution in [0.3, 0.4) is 0 Å². The van der Waals surface area contributed by atoms with Crippen LogP contribution in [0.4, 0.5) is 0 Å². The predicted molar refractivity (Wildman–Crippen MR) is 113 cm³/mol. The molecule has 4 nitrogen and oxygen atoms in total. The number of nitrogens with one attached hydrogen (secondary N) is 2. The summed E-state index contributed by atoms with van der Waals surface area (Å²) >= 11 is 1.91. The van der Waals surface area contributed by atoms with Crippen molar-refractivity contribution in [1.29, 1.82) is 0 Å². The van der Waals surface area contributed by atoms with Crippen LogP contribution in [-0.4, -0.2) is 49.0 Å². The van der Waals surface area contributed by atoms with Crippen molar-refractivity contribution < 1.29 is 0 Å². The maximum atomic E-state index is 4.79. The van der Waals surface area contributed by atoms with E-state index in [1.54, 1.807) is 0 Å². The van der Waals surface area contributed by atoms with Crippen LogP contribution in [0.15, 0.2) is 29.3 Å². The van der Waals surface area contributed by atoms with E-state index < -0.39 is 0 Å². The molecule has 5 heteroatoms. The zero-order valence-corrected chi connectivity index (χ0v) is 17.5. The standard InChI is InChI=1S/C20H36N4S/c1-6-21-20(22-13-9-10-14-25-5)23-15-18-11-7-8-12-19(18)16-24(4)17(2)3/h7-8,11-12,17H,6,9-10,13-16H2,1-5H3,(H2,21,22,23). The van der Waals surface area contributed by atoms with E-state index in [-0.39, 0.29) is 0 Å². The fraction of sp³-hybridized carbons (Fsp3) is 0.650. The number of unbranched alkanes of at least 4 members (excludes halogenated alkanes) is 1. The molecule has 0 unspecified atom stereocenters. The van der Waals surface area contributed by atoms with Crippen molar-refractivity contribution >= 4 is 17.7 Å². The average molecular weight is 365 g/mol. The lowest BCUT2D eigenvalue weighted by molar-refractivity contribution is 0.265. The molecule has 1 aromatic carbocycles. The fourth-order valence-electron chi connectivity index (χ4n) is 2.40. The molecule has 0 spiro atoms. The third kappa shape index (κ3) is 9.17. The molecule has 0 atom stereocenters. The monoisotopic (exact) mass is 364 g/mol. The molecule has 0 bridgehead atoms. The molecular formula is C20H36N4S. The zero-order chi connectivity index (χ0) is 18.5. The Balaban J connectivity index is 2.65. The Morgan fingerprint density at radius 3 is 2.52 bits per heavy atom. The number of hydrogen-bond acceptors (Lipinski definition) is 3. The van der Waals surface area contributed by atoms with Crippen molar-refractivity contribution in [2.45, 2.75) is 52.7 Å². The predicted octanol–water partition coefficient (Wildman–Crippen LogP) is 3.73. The lowest BCUT2D eigenvalue weighted by Gasteiger charge is -2.22. The Morgan fingerprint density at radius 1 is 1.16 bits per heavy atom. The molecule has 0 saturated heterocycles. The maximum absolute atomic E-state index is 4.79. The smallest absolute Gasteiger partial charge is 0.191 e. The third-order valence-corrected chi connectivity index (χ3v) is 4.94. The van der Waals surface area contributed by atoms with Crippen LogP contribution < -0.4 is 10.6 Å². The van der Waals surface area contributed by atoms with Crippen LogP contribution in [0.1, 0.15) is 44.7 Å². The first-order chi connectivity index (χ1) is 12.1. The molecule has 1 aromatic rings. The van der Waals surface area contributed by atoms with Gasteiger partial charge in [0.1, 0.15) is 0 Å². The summed E-state index contributed by atoms with van der Waals surface area (Å²) in [5.41, 5.74) is 2.66. The summed E-state index contributed by atoms with van der Waals surface area (Å²) in [4.78, 5) is 7.14. The summed E-state index contributed by atoms with van der Waals surface area (Å²) in [5.74, 6) is 2.14. The molecule has 0 aliphatic carbocycles. The lowest BCUT2D eigenvalue weighted by Crippen LogP contribution is -2.37. The van der Waals surface area contributed by atoms with E-state index in [0.717, 1.165) is 25.6 Å². The Bertz CT molecular complexity index is 502. The number of rotatable bonds is 11. The first kappa shape index (κ1) is 21.8. The number of benzene rings is 1. The molecule has 142 valence electrons. The molecule has 0 saturated carbocycles. The van der Waals surface area contributed by atoms with Crippen molar-refractivity contribution in [3.63, 3.8) is 0 Å². The molecule has 0 aliphatic rings. The lowest BCUT2D eigenvalue weighted by atomic mass is 10.1. The molecule has 0 aliphatic heterocycles. The topological polar surface area (TPSA) is 39.7 Å². The maximum Gasteiger partial charge on any atom is 0.191 e. The van der Waals surface area contributed by atoms with Gasteiger partial charge in [-0.05, 0) is 63.8 Å². The van der Waals surface area contributed by atoms with Gasteiger partial charge in [-0.1, -0.05) is 24.3 Å². The normalized spacial score (nSPS) is 12.0. The molecule has 0 fully saturated rings. The van der Waals surface area contributed by atoms with Crippen molar-refractivity contribution in [1.82, 2.24) is 15.5 Å². The summed E-state index contributed by atoms with van der Waals surface area (Å²) in [6.07, 6.45) is 4.59. The molecular weight excluding hydrogens is 328 g/mol. The number of nitrogens with zero attached hydrogens (tertiary/aromatic N) is 2. The molecule has 2 N–H and O–H groups in total. The van der Waals surface area contributed by atoms with Gasteiger partial charge in [0.05, 0.1) is 6.54 Å². The van der Waals surface area contributed by atoms with E-state index in [9.17, 15) is 0 Å². The molecule has 0 amide bonds. The Kier molecular flexibility index (Phi) is 11.4. The molecule has 0 heterocycles. The van der Waals surface area contributed by atoms with Crippen LogP contribution in [-0.2, 0) is 13.1 Å². The van der Waals surface area contributed by atoms with Crippen LogP contribution in [0.2, 0.25) is 0 Å². The number of aliphatic imine (C=N–C) groups is 1. The van der Waals surface area contributed by atoms with Crippen LogP contribution in [0.5, 0.6) is 0 Å². The minimum atomic E-state index is 0.539. The second-order valence-electron chi connectivity index (χ2n) is 6.60. The van der Waals surface area contributed by atoms with E-state index in [1.165, 1.54) is 29.7 Å². The first-order valence-corrected chi connectivity index (χ1v) is 10.8. The van der Waals surface area contributed by atoms with Crippen molar-refractivity contribution in [2.75, 3.05) is 32.1 Å². The Morgan fingerprint density at radius 2 is 1.88 bits per heavy atom. The van der Waals surface area contributed by atoms with Crippen molar-refractivity contribution in [3.05, 3.63) is 35.4 Å². The fourth-order valence-corrected chi connectivity index (χ4v) is 2.89. The highest BCUT2D eigenvalue weighted by Crippen LogP contribution is 2.13. The first-order valence-electron chi connectivity index (χ1n) is 9.36. The van der Waals surface area contributed by atoms with E-state index in [4.69, 9.17) is 4.99 Å². The number of thioether (sulfide) groups is 1. The van der Waals surface area contributed by atoms with E-state index in [1.807, 2.05) is 11.8 Å². The number of guanidine groups is 1. The van der Waals surface area contributed by atoms with Crippen LogP contribution >= 0.6 is 11.8 Å². The Labute approximate surface area is 158 Å². The quantitative estimate of drug-likeness (QED) is 0.357. The van der Waals surface area contributed by atoms with Gasteiger partial charge in [-0.25, -0.2) is 4.99 Å². The molecule has 1 rings (SSSR count). The van der Waals surface area contributed by atoms with Gasteiger partial charge in [0, 0.05) is 25.7 Å². The minimum Gasteiger partial charge on any atom is -0.357 e. The van der Waals surface area contributed by atoms with E-state index >= 15 is 0 Å². The van der Waals surface area contributed by atoms with Crippen LogP contribution in [0, 0.1) is 0 Å². The second kappa shape index (κ2) is 13.1. The summed E-state index contributed by atoms with van der Waals surface area (Å²) in [6.45, 7) is 10.1. The van der Waals surface area contributed by atoms with Crippen molar-refractivity contribution in [2.24, 2.45) is 4.99 Å². The van der Waals surface area contributed by atoms with Gasteiger partial charge in [0.25, 0.3) is 0 Å². The zero-order valence-electron chi connectivity index (χ0n) is 16.6. The van der Waals surface area contributed by atoms with Gasteiger partial charge in [-0.15, -0.1) is 0 Å². The highest BCUT2D eigenvalue weighted by molar-refractivity contribution is 7.98. The van der Waals surface area contributed by atoms with Gasteiger partial charge in [-0.3, -0.25) is 4.90 Å². The SMILES string of the molecule is CCNC(=NCc1ccccc1CN(C)C(C)C)NCCCCSC. The summed E-state index contributed by atoms with van der Waals surface area (Å²) in [7, 11) is 2.17. The van der Waals surface area contributed by atoms with E-state index in [2.05, 4.69) is 73.9 Å². The highest BCUT2D eigenvalue weighted by atomic mass is 32.2. The van der Waals surface area contributed by atoms with Gasteiger partial charge >= 0.3 is 0 Å². The number of hydrogen-bond donors (Lipinski definition) is 2. The van der Waals surface area contributed by atoms with Crippen molar-refractivity contribution in [3.8, 4) is 0 Å². The Hall–Kier alpha value is -1.20. The molecule has 0 radical (unpaired) electrons. The summed E-state index contributed by atoms with van der Waals surface area (Å²) in [5, 5.41) is 6.79. The third-order valence-electron chi connectivity index (χ3n) is 4.24. The largest absolute Gasteiger partial charge is 0.357 e. The molecule has 0 aromatic heterocycles. The van der Waals surface area contributed by atoms with Gasteiger partial charge < -0.3 is 10.6 Å². The van der Waals surface area contributed by atoms with Crippen LogP contribution in [0.25, 0.3) is 0 Å². The second-order valence-corrected chi connectivity index (χ2v) is 7.59. The van der Waals surface area contributed by atoms with Gasteiger partial charge in [0.2, 0.25) is 0 Å². The van der Waals surface area contributed by atoms with Gasteiger partial charge in [-0.2, -0.15) is 11.8 Å². The highest BCUT2D eigenvalue weighted by Gasteiger charge is 2.08. The van der Waals surface area contributed by atoms with Gasteiger partial charge in [0.15, 0.2) is 5.96 Å². The summed E-state index contributed by atoms with van der Waals surface area (Å²) in [6, 6.07) is 9.16.